The van der Waals surface area contributed by atoms with E-state index in [0.717, 1.165) is 43.4 Å². The molecule has 1 aliphatic rings. The predicted octanol–water partition coefficient (Wildman–Crippen LogP) is 3.89. The van der Waals surface area contributed by atoms with Crippen LogP contribution in [0.3, 0.4) is 0 Å². The summed E-state index contributed by atoms with van der Waals surface area (Å²) in [4.78, 5) is 11.5. The average molecular weight is 262 g/mol. The molecule has 1 aromatic rings. The Morgan fingerprint density at radius 1 is 1.37 bits per heavy atom. The van der Waals surface area contributed by atoms with Gasteiger partial charge >= 0.3 is 5.97 Å². The number of ether oxygens (including phenoxy) is 2. The van der Waals surface area contributed by atoms with E-state index in [1.807, 2.05) is 25.1 Å². The molecule has 1 heterocycles. The molecule has 0 fully saturated rings. The second-order valence-corrected chi connectivity index (χ2v) is 5.06. The Labute approximate surface area is 114 Å². The van der Waals surface area contributed by atoms with Crippen LogP contribution in [0.5, 0.6) is 11.5 Å². The first-order valence-electron chi connectivity index (χ1n) is 7.23. The highest BCUT2D eigenvalue weighted by atomic mass is 16.5. The maximum atomic E-state index is 11.5. The van der Waals surface area contributed by atoms with Crippen molar-refractivity contribution in [3.63, 3.8) is 0 Å². The van der Waals surface area contributed by atoms with Crippen LogP contribution in [-0.2, 0) is 11.2 Å². The number of esters is 1. The van der Waals surface area contributed by atoms with Crippen LogP contribution in [0.2, 0.25) is 0 Å². The summed E-state index contributed by atoms with van der Waals surface area (Å²) in [6.45, 7) is 4.14. The van der Waals surface area contributed by atoms with E-state index in [-0.39, 0.29) is 5.97 Å². The van der Waals surface area contributed by atoms with Crippen molar-refractivity contribution in [2.24, 2.45) is 0 Å². The molecule has 0 saturated carbocycles. The summed E-state index contributed by atoms with van der Waals surface area (Å²) < 4.78 is 11.2. The molecule has 1 aliphatic heterocycles. The lowest BCUT2D eigenvalue weighted by molar-refractivity contribution is -0.134. The molecule has 0 N–H and O–H groups in total. The molecule has 2 rings (SSSR count). The molecule has 0 bridgehead atoms. The van der Waals surface area contributed by atoms with Gasteiger partial charge in [-0.2, -0.15) is 0 Å². The maximum Gasteiger partial charge on any atom is 0.311 e. The van der Waals surface area contributed by atoms with E-state index in [1.54, 1.807) is 0 Å². The Hall–Kier alpha value is -1.51. The van der Waals surface area contributed by atoms with Gasteiger partial charge in [-0.15, -0.1) is 0 Å². The van der Waals surface area contributed by atoms with Crippen LogP contribution >= 0.6 is 0 Å². The van der Waals surface area contributed by atoms with Gasteiger partial charge in [0.05, 0.1) is 6.10 Å². The van der Waals surface area contributed by atoms with Crippen molar-refractivity contribution in [3.05, 3.63) is 23.8 Å². The first kappa shape index (κ1) is 13.9. The number of hydrogen-bond donors (Lipinski definition) is 0. The monoisotopic (exact) mass is 262 g/mol. The largest absolute Gasteiger partial charge is 0.490 e. The molecule has 0 aliphatic carbocycles. The Balaban J connectivity index is 2.02. The topological polar surface area (TPSA) is 35.5 Å². The number of benzene rings is 1. The van der Waals surface area contributed by atoms with Crippen molar-refractivity contribution in [2.45, 2.75) is 58.5 Å². The Bertz CT molecular complexity index is 440. The normalized spacial score (nSPS) is 17.5. The van der Waals surface area contributed by atoms with E-state index in [1.165, 1.54) is 0 Å². The van der Waals surface area contributed by atoms with Crippen LogP contribution in [-0.4, -0.2) is 12.1 Å². The molecule has 1 aromatic carbocycles. The van der Waals surface area contributed by atoms with Crippen molar-refractivity contribution in [1.82, 2.24) is 0 Å². The smallest absolute Gasteiger partial charge is 0.311 e. The minimum absolute atomic E-state index is 0.164. The summed E-state index contributed by atoms with van der Waals surface area (Å²) in [6, 6.07) is 5.68. The zero-order chi connectivity index (χ0) is 13.7. The molecule has 0 spiro atoms. The van der Waals surface area contributed by atoms with Gasteiger partial charge < -0.3 is 9.47 Å². The third kappa shape index (κ3) is 3.72. The third-order valence-electron chi connectivity index (χ3n) is 3.36. The molecule has 3 heteroatoms. The van der Waals surface area contributed by atoms with E-state index >= 15 is 0 Å². The van der Waals surface area contributed by atoms with E-state index in [2.05, 4.69) is 6.92 Å². The number of rotatable bonds is 5. The lowest BCUT2D eigenvalue weighted by atomic mass is 9.99. The first-order chi connectivity index (χ1) is 9.22. The van der Waals surface area contributed by atoms with Crippen LogP contribution < -0.4 is 9.47 Å². The second kappa shape index (κ2) is 6.60. The van der Waals surface area contributed by atoms with Crippen LogP contribution in [0.1, 0.15) is 51.5 Å². The van der Waals surface area contributed by atoms with E-state index in [4.69, 9.17) is 9.47 Å². The zero-order valence-electron chi connectivity index (χ0n) is 11.8. The second-order valence-electron chi connectivity index (χ2n) is 5.06. The molecule has 3 nitrogen and oxygen atoms in total. The fraction of sp³-hybridized carbons (Fsp3) is 0.562. The van der Waals surface area contributed by atoms with Crippen molar-refractivity contribution in [3.8, 4) is 11.5 Å². The minimum atomic E-state index is -0.164. The fourth-order valence-electron chi connectivity index (χ4n) is 2.40. The van der Waals surface area contributed by atoms with E-state index in [9.17, 15) is 4.79 Å². The predicted molar refractivity (Wildman–Crippen MR) is 74.6 cm³/mol. The van der Waals surface area contributed by atoms with Gasteiger partial charge in [-0.05, 0) is 49.4 Å². The minimum Gasteiger partial charge on any atom is -0.490 e. The molecular weight excluding hydrogens is 240 g/mol. The SMILES string of the molecule is CCCC(=O)Oc1ccc2c(c1)CCC(CCC)O2. The highest BCUT2D eigenvalue weighted by Gasteiger charge is 2.19. The van der Waals surface area contributed by atoms with Crippen LogP contribution in [0.4, 0.5) is 0 Å². The zero-order valence-corrected chi connectivity index (χ0v) is 11.8. The highest BCUT2D eigenvalue weighted by Crippen LogP contribution is 2.32. The van der Waals surface area contributed by atoms with E-state index in [0.29, 0.717) is 18.3 Å². The molecule has 0 aromatic heterocycles. The summed E-state index contributed by atoms with van der Waals surface area (Å²) in [6.07, 6.45) is 5.91. The summed E-state index contributed by atoms with van der Waals surface area (Å²) in [7, 11) is 0. The number of fused-ring (bicyclic) bond motifs is 1. The molecule has 19 heavy (non-hydrogen) atoms. The van der Waals surface area contributed by atoms with Gasteiger partial charge in [-0.25, -0.2) is 0 Å². The fourth-order valence-corrected chi connectivity index (χ4v) is 2.40. The summed E-state index contributed by atoms with van der Waals surface area (Å²) in [5.74, 6) is 1.41. The highest BCUT2D eigenvalue weighted by molar-refractivity contribution is 5.72. The van der Waals surface area contributed by atoms with Crippen molar-refractivity contribution in [1.29, 1.82) is 0 Å². The van der Waals surface area contributed by atoms with Gasteiger partial charge in [0.2, 0.25) is 0 Å². The molecule has 0 amide bonds. The molecule has 104 valence electrons. The number of carbonyl (C=O) groups excluding carboxylic acids is 1. The quantitative estimate of drug-likeness (QED) is 0.596. The Morgan fingerprint density at radius 2 is 2.21 bits per heavy atom. The van der Waals surface area contributed by atoms with Gasteiger partial charge in [-0.3, -0.25) is 4.79 Å². The number of aryl methyl sites for hydroxylation is 1. The third-order valence-corrected chi connectivity index (χ3v) is 3.36. The van der Waals surface area contributed by atoms with Crippen LogP contribution in [0, 0.1) is 0 Å². The Kier molecular flexibility index (Phi) is 4.83. The van der Waals surface area contributed by atoms with Gasteiger partial charge in [0, 0.05) is 6.42 Å². The Morgan fingerprint density at radius 3 is 2.95 bits per heavy atom. The average Bonchev–Trinajstić information content (AvgIpc) is 2.39. The van der Waals surface area contributed by atoms with Crippen molar-refractivity contribution >= 4 is 5.97 Å². The van der Waals surface area contributed by atoms with Crippen LogP contribution in [0.25, 0.3) is 0 Å². The van der Waals surface area contributed by atoms with Gasteiger partial charge in [0.15, 0.2) is 0 Å². The van der Waals surface area contributed by atoms with Crippen molar-refractivity contribution in [2.75, 3.05) is 0 Å². The first-order valence-corrected chi connectivity index (χ1v) is 7.23. The number of hydrogen-bond acceptors (Lipinski definition) is 3. The van der Waals surface area contributed by atoms with E-state index < -0.39 is 0 Å². The maximum absolute atomic E-state index is 11.5. The van der Waals surface area contributed by atoms with Crippen LogP contribution in [0.15, 0.2) is 18.2 Å². The van der Waals surface area contributed by atoms with Gasteiger partial charge in [0.1, 0.15) is 11.5 Å². The molecular formula is C16H22O3. The summed E-state index contributed by atoms with van der Waals surface area (Å²) in [5, 5.41) is 0. The van der Waals surface area contributed by atoms with Gasteiger partial charge in [0.25, 0.3) is 0 Å². The summed E-state index contributed by atoms with van der Waals surface area (Å²) in [5.41, 5.74) is 1.15. The lowest BCUT2D eigenvalue weighted by Crippen LogP contribution is -2.22. The standard InChI is InChI=1S/C16H22O3/c1-3-5-13-8-7-12-11-14(9-10-15(12)18-13)19-16(17)6-4-2/h9-11,13H,3-8H2,1-2H3. The molecule has 0 radical (unpaired) electrons. The molecule has 1 atom stereocenters. The molecule has 0 saturated heterocycles. The lowest BCUT2D eigenvalue weighted by Gasteiger charge is -2.26. The summed E-state index contributed by atoms with van der Waals surface area (Å²) >= 11 is 0. The van der Waals surface area contributed by atoms with Gasteiger partial charge in [-0.1, -0.05) is 20.3 Å². The van der Waals surface area contributed by atoms with Crippen molar-refractivity contribution < 1.29 is 14.3 Å². The molecule has 1 unspecified atom stereocenters. The number of carbonyl (C=O) groups is 1.